The van der Waals surface area contributed by atoms with Crippen LogP contribution in [0.1, 0.15) is 36.2 Å². The first-order valence-electron chi connectivity index (χ1n) is 11.6. The Hall–Kier alpha value is -2.59. The molecular weight excluding hydrogens is 368 g/mol. The molecule has 1 aliphatic carbocycles. The summed E-state index contributed by atoms with van der Waals surface area (Å²) >= 11 is 0. The zero-order valence-electron chi connectivity index (χ0n) is 17.8. The molecule has 1 fully saturated rings. The van der Waals surface area contributed by atoms with E-state index in [4.69, 9.17) is 5.10 Å². The normalized spacial score (nSPS) is 17.1. The van der Waals surface area contributed by atoms with Crippen molar-refractivity contribution in [2.45, 2.75) is 38.5 Å². The lowest BCUT2D eigenvalue weighted by molar-refractivity contribution is 0.255. The molecule has 4 heteroatoms. The molecule has 30 heavy (non-hydrogen) atoms. The van der Waals surface area contributed by atoms with Crippen LogP contribution in [0.5, 0.6) is 0 Å². The summed E-state index contributed by atoms with van der Waals surface area (Å²) in [7, 11) is 0. The molecule has 156 valence electrons. The van der Waals surface area contributed by atoms with Crippen molar-refractivity contribution in [3.05, 3.63) is 77.6 Å². The second-order valence-corrected chi connectivity index (χ2v) is 8.59. The molecule has 0 bridgehead atoms. The molecule has 3 aromatic rings. The number of anilines is 1. The summed E-state index contributed by atoms with van der Waals surface area (Å²) in [6.07, 6.45) is 7.26. The highest BCUT2D eigenvalue weighted by atomic mass is 15.3. The van der Waals surface area contributed by atoms with Gasteiger partial charge >= 0.3 is 0 Å². The lowest BCUT2D eigenvalue weighted by Crippen LogP contribution is -2.46. The first-order chi connectivity index (χ1) is 14.9. The average molecular weight is 401 g/mol. The third kappa shape index (κ3) is 4.15. The number of hydrogen-bond donors (Lipinski definition) is 0. The van der Waals surface area contributed by atoms with Crippen LogP contribution in [-0.2, 0) is 19.3 Å². The Morgan fingerprint density at radius 2 is 1.40 bits per heavy atom. The van der Waals surface area contributed by atoms with Crippen molar-refractivity contribution in [3.8, 4) is 5.69 Å². The van der Waals surface area contributed by atoms with E-state index in [0.717, 1.165) is 32.6 Å². The number of aromatic nitrogens is 2. The Balaban J connectivity index is 1.19. The van der Waals surface area contributed by atoms with E-state index in [1.165, 1.54) is 61.4 Å². The van der Waals surface area contributed by atoms with E-state index in [2.05, 4.69) is 75.1 Å². The fourth-order valence-electron chi connectivity index (χ4n) is 5.00. The van der Waals surface area contributed by atoms with E-state index in [1.54, 1.807) is 5.56 Å². The number of aryl methyl sites for hydroxylation is 1. The zero-order valence-corrected chi connectivity index (χ0v) is 17.8. The Labute approximate surface area is 180 Å². The lowest BCUT2D eigenvalue weighted by atomic mass is 9.94. The van der Waals surface area contributed by atoms with E-state index in [1.807, 2.05) is 0 Å². The van der Waals surface area contributed by atoms with Gasteiger partial charge in [-0.05, 0) is 74.9 Å². The van der Waals surface area contributed by atoms with Gasteiger partial charge in [-0.25, -0.2) is 4.68 Å². The summed E-state index contributed by atoms with van der Waals surface area (Å²) in [6.45, 7) is 5.75. The SMILES string of the molecule is c1ccc(N2CCN(CCCc3nn(-c4ccccc4)c4c3CCCC4)CC2)cc1. The first-order valence-corrected chi connectivity index (χ1v) is 11.6. The van der Waals surface area contributed by atoms with Crippen molar-refractivity contribution in [3.63, 3.8) is 0 Å². The van der Waals surface area contributed by atoms with Crippen molar-refractivity contribution in [1.82, 2.24) is 14.7 Å². The quantitative estimate of drug-likeness (QED) is 0.609. The summed E-state index contributed by atoms with van der Waals surface area (Å²) in [5, 5.41) is 5.09. The lowest BCUT2D eigenvalue weighted by Gasteiger charge is -2.36. The molecule has 0 amide bonds. The minimum atomic E-state index is 1.10. The van der Waals surface area contributed by atoms with Gasteiger partial charge in [0, 0.05) is 37.6 Å². The number of rotatable bonds is 6. The van der Waals surface area contributed by atoms with Gasteiger partial charge in [0.2, 0.25) is 0 Å². The smallest absolute Gasteiger partial charge is 0.0664 e. The highest BCUT2D eigenvalue weighted by Gasteiger charge is 2.22. The van der Waals surface area contributed by atoms with Crippen molar-refractivity contribution < 1.29 is 0 Å². The topological polar surface area (TPSA) is 24.3 Å². The maximum Gasteiger partial charge on any atom is 0.0664 e. The predicted octanol–water partition coefficient (Wildman–Crippen LogP) is 4.51. The number of para-hydroxylation sites is 2. The Bertz CT molecular complexity index is 940. The van der Waals surface area contributed by atoms with Crippen LogP contribution in [-0.4, -0.2) is 47.4 Å². The molecule has 0 atom stereocenters. The molecule has 0 N–H and O–H groups in total. The van der Waals surface area contributed by atoms with E-state index in [-0.39, 0.29) is 0 Å². The van der Waals surface area contributed by atoms with Crippen LogP contribution < -0.4 is 4.90 Å². The number of fused-ring (bicyclic) bond motifs is 1. The van der Waals surface area contributed by atoms with Crippen LogP contribution in [0.4, 0.5) is 5.69 Å². The van der Waals surface area contributed by atoms with Crippen molar-refractivity contribution in [2.75, 3.05) is 37.6 Å². The number of benzene rings is 2. The van der Waals surface area contributed by atoms with E-state index in [9.17, 15) is 0 Å². The predicted molar refractivity (Wildman–Crippen MR) is 124 cm³/mol. The minimum absolute atomic E-state index is 1.10. The molecule has 1 saturated heterocycles. The van der Waals surface area contributed by atoms with Crippen molar-refractivity contribution in [1.29, 1.82) is 0 Å². The molecular formula is C26H32N4. The van der Waals surface area contributed by atoms with Crippen LogP contribution >= 0.6 is 0 Å². The molecule has 2 aliphatic rings. The average Bonchev–Trinajstić information content (AvgIpc) is 3.19. The highest BCUT2D eigenvalue weighted by Crippen LogP contribution is 2.27. The third-order valence-corrected chi connectivity index (χ3v) is 6.65. The summed E-state index contributed by atoms with van der Waals surface area (Å²) in [5.41, 5.74) is 6.91. The number of hydrogen-bond acceptors (Lipinski definition) is 3. The molecule has 0 spiro atoms. The standard InChI is InChI=1S/C26H32N4/c1-3-10-22(11-4-1)29-20-18-28(19-21-29)17-9-15-25-24-14-7-8-16-26(24)30(27-25)23-12-5-2-6-13-23/h1-6,10-13H,7-9,14-21H2. The maximum absolute atomic E-state index is 5.09. The van der Waals surface area contributed by atoms with Crippen molar-refractivity contribution >= 4 is 5.69 Å². The Morgan fingerprint density at radius 3 is 2.13 bits per heavy atom. The first kappa shape index (κ1) is 19.4. The second kappa shape index (κ2) is 9.05. The second-order valence-electron chi connectivity index (χ2n) is 8.59. The number of nitrogens with zero attached hydrogens (tertiary/aromatic N) is 4. The summed E-state index contributed by atoms with van der Waals surface area (Å²) < 4.78 is 2.22. The fraction of sp³-hybridized carbons (Fsp3) is 0.423. The van der Waals surface area contributed by atoms with Gasteiger partial charge in [0.1, 0.15) is 0 Å². The monoisotopic (exact) mass is 400 g/mol. The van der Waals surface area contributed by atoms with Gasteiger partial charge < -0.3 is 4.90 Å². The summed E-state index contributed by atoms with van der Waals surface area (Å²) in [5.74, 6) is 0. The minimum Gasteiger partial charge on any atom is -0.369 e. The molecule has 1 aromatic heterocycles. The van der Waals surface area contributed by atoms with Crippen LogP contribution in [0, 0.1) is 0 Å². The molecule has 5 rings (SSSR count). The molecule has 2 aromatic carbocycles. The van der Waals surface area contributed by atoms with E-state index in [0.29, 0.717) is 0 Å². The number of piperazine rings is 1. The van der Waals surface area contributed by atoms with E-state index >= 15 is 0 Å². The van der Waals surface area contributed by atoms with Crippen LogP contribution in [0.25, 0.3) is 5.69 Å². The van der Waals surface area contributed by atoms with Crippen LogP contribution in [0.3, 0.4) is 0 Å². The molecule has 0 saturated carbocycles. The van der Waals surface area contributed by atoms with Crippen LogP contribution in [0.2, 0.25) is 0 Å². The summed E-state index contributed by atoms with van der Waals surface area (Å²) in [6, 6.07) is 21.5. The van der Waals surface area contributed by atoms with Gasteiger partial charge in [-0.2, -0.15) is 5.10 Å². The molecule has 1 aliphatic heterocycles. The molecule has 4 nitrogen and oxygen atoms in total. The van der Waals surface area contributed by atoms with Gasteiger partial charge in [0.15, 0.2) is 0 Å². The summed E-state index contributed by atoms with van der Waals surface area (Å²) in [4.78, 5) is 5.13. The third-order valence-electron chi connectivity index (χ3n) is 6.65. The Kier molecular flexibility index (Phi) is 5.85. The molecule has 0 radical (unpaired) electrons. The van der Waals surface area contributed by atoms with Gasteiger partial charge in [0.05, 0.1) is 11.4 Å². The zero-order chi connectivity index (χ0) is 20.2. The van der Waals surface area contributed by atoms with Gasteiger partial charge in [-0.15, -0.1) is 0 Å². The van der Waals surface area contributed by atoms with Gasteiger partial charge in [-0.1, -0.05) is 36.4 Å². The largest absolute Gasteiger partial charge is 0.369 e. The highest BCUT2D eigenvalue weighted by molar-refractivity contribution is 5.46. The van der Waals surface area contributed by atoms with Gasteiger partial charge in [0.25, 0.3) is 0 Å². The van der Waals surface area contributed by atoms with Crippen LogP contribution in [0.15, 0.2) is 60.7 Å². The van der Waals surface area contributed by atoms with E-state index < -0.39 is 0 Å². The Morgan fingerprint density at radius 1 is 0.733 bits per heavy atom. The molecule has 2 heterocycles. The van der Waals surface area contributed by atoms with Crippen molar-refractivity contribution in [2.24, 2.45) is 0 Å². The molecule has 0 unspecified atom stereocenters. The maximum atomic E-state index is 5.09. The fourth-order valence-corrected chi connectivity index (χ4v) is 5.00. The van der Waals surface area contributed by atoms with Gasteiger partial charge in [-0.3, -0.25) is 4.90 Å².